The molecular formula is C25H20Cl2N4O4. The predicted octanol–water partition coefficient (Wildman–Crippen LogP) is 6.29. The van der Waals surface area contributed by atoms with Gasteiger partial charge in [0.2, 0.25) is 0 Å². The first kappa shape index (κ1) is 24.3. The molecule has 8 nitrogen and oxygen atoms in total. The van der Waals surface area contributed by atoms with Gasteiger partial charge in [-0.3, -0.25) is 19.6 Å². The third-order valence-electron chi connectivity index (χ3n) is 5.23. The number of aromatic nitrogens is 2. The van der Waals surface area contributed by atoms with Crippen molar-refractivity contribution in [3.8, 4) is 5.75 Å². The second-order valence-electron chi connectivity index (χ2n) is 7.78. The Labute approximate surface area is 211 Å². The fourth-order valence-corrected chi connectivity index (χ4v) is 3.97. The molecule has 0 radical (unpaired) electrons. The summed E-state index contributed by atoms with van der Waals surface area (Å²) in [6, 6.07) is 16.9. The standard InChI is InChI=1S/C25H20Cl2N4O4/c1-16-10-20(8-9-24(16)31(33)34)35-15-17-4-2-5-18(11-17)25(32)29-19-12-28-30(13-19)14-21-22(26)6-3-7-23(21)27/h2-13H,14-15H2,1H3,(H,29,32). The number of benzene rings is 3. The molecular weight excluding hydrogens is 491 g/mol. The molecule has 0 saturated carbocycles. The molecule has 0 atom stereocenters. The SMILES string of the molecule is Cc1cc(OCc2cccc(C(=O)Nc3cnn(Cc4c(Cl)cccc4Cl)c3)c2)ccc1[N+](=O)[O-]. The number of halogens is 2. The van der Waals surface area contributed by atoms with Gasteiger partial charge in [0, 0.05) is 39.0 Å². The van der Waals surface area contributed by atoms with Crippen molar-refractivity contribution in [1.82, 2.24) is 9.78 Å². The van der Waals surface area contributed by atoms with Gasteiger partial charge in [0.1, 0.15) is 12.4 Å². The summed E-state index contributed by atoms with van der Waals surface area (Å²) in [5.41, 5.74) is 3.05. The number of amides is 1. The van der Waals surface area contributed by atoms with Crippen molar-refractivity contribution >= 4 is 40.5 Å². The molecule has 4 rings (SSSR count). The molecule has 0 saturated heterocycles. The predicted molar refractivity (Wildman–Crippen MR) is 134 cm³/mol. The van der Waals surface area contributed by atoms with Crippen molar-refractivity contribution in [3.05, 3.63) is 115 Å². The molecule has 3 aromatic carbocycles. The van der Waals surface area contributed by atoms with Gasteiger partial charge in [0.25, 0.3) is 11.6 Å². The molecule has 0 unspecified atom stereocenters. The summed E-state index contributed by atoms with van der Waals surface area (Å²) in [5, 5.41) is 19.1. The van der Waals surface area contributed by atoms with Gasteiger partial charge in [-0.1, -0.05) is 41.4 Å². The van der Waals surface area contributed by atoms with Gasteiger partial charge >= 0.3 is 0 Å². The van der Waals surface area contributed by atoms with Crippen LogP contribution >= 0.6 is 23.2 Å². The number of carbonyl (C=O) groups is 1. The third-order valence-corrected chi connectivity index (χ3v) is 5.94. The number of rotatable bonds is 8. The van der Waals surface area contributed by atoms with E-state index in [2.05, 4.69) is 10.4 Å². The first-order chi connectivity index (χ1) is 16.8. The molecule has 178 valence electrons. The van der Waals surface area contributed by atoms with Crippen LogP contribution in [0.3, 0.4) is 0 Å². The van der Waals surface area contributed by atoms with E-state index in [9.17, 15) is 14.9 Å². The molecule has 4 aromatic rings. The smallest absolute Gasteiger partial charge is 0.272 e. The van der Waals surface area contributed by atoms with Crippen molar-refractivity contribution in [2.75, 3.05) is 5.32 Å². The summed E-state index contributed by atoms with van der Waals surface area (Å²) in [4.78, 5) is 23.3. The lowest BCUT2D eigenvalue weighted by molar-refractivity contribution is -0.385. The first-order valence-corrected chi connectivity index (χ1v) is 11.3. The minimum absolute atomic E-state index is 0.0364. The molecule has 0 aliphatic heterocycles. The molecule has 1 aromatic heterocycles. The Morgan fingerprint density at radius 2 is 1.86 bits per heavy atom. The van der Waals surface area contributed by atoms with Crippen LogP contribution in [0.25, 0.3) is 0 Å². The highest BCUT2D eigenvalue weighted by Gasteiger charge is 2.13. The molecule has 0 fully saturated rings. The molecule has 0 aliphatic rings. The molecule has 1 amide bonds. The number of hydrogen-bond donors (Lipinski definition) is 1. The number of aryl methyl sites for hydroxylation is 1. The average Bonchev–Trinajstić information content (AvgIpc) is 3.27. The topological polar surface area (TPSA) is 99.3 Å². The lowest BCUT2D eigenvalue weighted by Crippen LogP contribution is -2.12. The van der Waals surface area contributed by atoms with Gasteiger partial charge in [0.15, 0.2) is 0 Å². The highest BCUT2D eigenvalue weighted by Crippen LogP contribution is 2.26. The van der Waals surface area contributed by atoms with E-state index in [0.29, 0.717) is 39.2 Å². The van der Waals surface area contributed by atoms with E-state index in [-0.39, 0.29) is 18.2 Å². The number of carbonyl (C=O) groups excluding carboxylic acids is 1. The van der Waals surface area contributed by atoms with E-state index in [1.165, 1.54) is 6.07 Å². The number of ether oxygens (including phenoxy) is 1. The van der Waals surface area contributed by atoms with Crippen LogP contribution < -0.4 is 10.1 Å². The van der Waals surface area contributed by atoms with Crippen molar-refractivity contribution < 1.29 is 14.5 Å². The van der Waals surface area contributed by atoms with E-state index < -0.39 is 4.92 Å². The van der Waals surface area contributed by atoms with Crippen LogP contribution in [0, 0.1) is 17.0 Å². The van der Waals surface area contributed by atoms with Crippen LogP contribution in [0.1, 0.15) is 27.0 Å². The Hall–Kier alpha value is -3.88. The maximum Gasteiger partial charge on any atom is 0.272 e. The van der Waals surface area contributed by atoms with Crippen LogP contribution in [-0.4, -0.2) is 20.6 Å². The van der Waals surface area contributed by atoms with Crippen LogP contribution in [0.5, 0.6) is 5.75 Å². The number of hydrogen-bond acceptors (Lipinski definition) is 5. The first-order valence-electron chi connectivity index (χ1n) is 10.5. The Balaban J connectivity index is 1.39. The number of nitro groups is 1. The molecule has 10 heteroatoms. The minimum atomic E-state index is -0.434. The van der Waals surface area contributed by atoms with Crippen LogP contribution in [0.15, 0.2) is 73.1 Å². The molecule has 35 heavy (non-hydrogen) atoms. The summed E-state index contributed by atoms with van der Waals surface area (Å²) >= 11 is 12.4. The van der Waals surface area contributed by atoms with Gasteiger partial charge in [-0.05, 0) is 48.9 Å². The second kappa shape index (κ2) is 10.6. The zero-order valence-electron chi connectivity index (χ0n) is 18.6. The molecule has 0 spiro atoms. The third kappa shape index (κ3) is 5.98. The van der Waals surface area contributed by atoms with Gasteiger partial charge in [-0.25, -0.2) is 0 Å². The van der Waals surface area contributed by atoms with Gasteiger partial charge in [-0.2, -0.15) is 5.10 Å². The zero-order valence-corrected chi connectivity index (χ0v) is 20.1. The van der Waals surface area contributed by atoms with Crippen molar-refractivity contribution in [3.63, 3.8) is 0 Å². The fraction of sp³-hybridized carbons (Fsp3) is 0.120. The highest BCUT2D eigenvalue weighted by atomic mass is 35.5. The van der Waals surface area contributed by atoms with Crippen molar-refractivity contribution in [1.29, 1.82) is 0 Å². The molecule has 1 heterocycles. The van der Waals surface area contributed by atoms with Gasteiger partial charge in [-0.15, -0.1) is 0 Å². The van der Waals surface area contributed by atoms with Crippen molar-refractivity contribution in [2.45, 2.75) is 20.1 Å². The van der Waals surface area contributed by atoms with E-state index in [1.54, 1.807) is 72.5 Å². The summed E-state index contributed by atoms with van der Waals surface area (Å²) in [5.74, 6) is 0.211. The molecule has 1 N–H and O–H groups in total. The van der Waals surface area contributed by atoms with Gasteiger partial charge in [0.05, 0.1) is 23.4 Å². The molecule has 0 bridgehead atoms. The number of anilines is 1. The number of nitrogens with one attached hydrogen (secondary N) is 1. The van der Waals surface area contributed by atoms with E-state index in [1.807, 2.05) is 6.07 Å². The average molecular weight is 511 g/mol. The Kier molecular flexibility index (Phi) is 7.33. The number of nitrogens with zero attached hydrogens (tertiary/aromatic N) is 3. The lowest BCUT2D eigenvalue weighted by atomic mass is 10.1. The van der Waals surface area contributed by atoms with E-state index in [4.69, 9.17) is 27.9 Å². The van der Waals surface area contributed by atoms with Crippen LogP contribution in [-0.2, 0) is 13.2 Å². The maximum absolute atomic E-state index is 12.8. The van der Waals surface area contributed by atoms with Crippen LogP contribution in [0.4, 0.5) is 11.4 Å². The quantitative estimate of drug-likeness (QED) is 0.222. The Morgan fingerprint density at radius 3 is 2.57 bits per heavy atom. The number of nitro benzene ring substituents is 1. The normalized spacial score (nSPS) is 10.7. The van der Waals surface area contributed by atoms with Crippen LogP contribution in [0.2, 0.25) is 10.0 Å². The molecule has 0 aliphatic carbocycles. The summed E-state index contributed by atoms with van der Waals surface area (Å²) < 4.78 is 7.39. The Bertz CT molecular complexity index is 1380. The highest BCUT2D eigenvalue weighted by molar-refractivity contribution is 6.35. The van der Waals surface area contributed by atoms with Gasteiger partial charge < -0.3 is 10.1 Å². The summed E-state index contributed by atoms with van der Waals surface area (Å²) in [6.07, 6.45) is 3.24. The second-order valence-corrected chi connectivity index (χ2v) is 8.59. The summed E-state index contributed by atoms with van der Waals surface area (Å²) in [7, 11) is 0. The largest absolute Gasteiger partial charge is 0.489 e. The van der Waals surface area contributed by atoms with Crippen molar-refractivity contribution in [2.24, 2.45) is 0 Å². The summed E-state index contributed by atoms with van der Waals surface area (Å²) in [6.45, 7) is 2.22. The lowest BCUT2D eigenvalue weighted by Gasteiger charge is -2.09. The minimum Gasteiger partial charge on any atom is -0.489 e. The fourth-order valence-electron chi connectivity index (χ4n) is 3.45. The van der Waals surface area contributed by atoms with E-state index in [0.717, 1.165) is 11.1 Å². The monoisotopic (exact) mass is 510 g/mol. The van der Waals surface area contributed by atoms with E-state index >= 15 is 0 Å². The Morgan fingerprint density at radius 1 is 1.11 bits per heavy atom. The maximum atomic E-state index is 12.8. The zero-order chi connectivity index (χ0) is 24.9.